The van der Waals surface area contributed by atoms with Crippen LogP contribution in [0.1, 0.15) is 77.6 Å². The lowest BCUT2D eigenvalue weighted by Crippen LogP contribution is -2.36. The number of amides is 1. The molecule has 4 unspecified atom stereocenters. The monoisotopic (exact) mass is 845 g/mol. The highest BCUT2D eigenvalue weighted by molar-refractivity contribution is 6.31. The number of aromatic nitrogens is 8. The van der Waals surface area contributed by atoms with Gasteiger partial charge in [0.1, 0.15) is 17.1 Å². The summed E-state index contributed by atoms with van der Waals surface area (Å²) >= 11 is 12.2. The molecule has 0 spiro atoms. The van der Waals surface area contributed by atoms with Gasteiger partial charge in [-0.3, -0.25) is 9.59 Å². The fraction of sp³-hybridized carbons (Fsp3) is 0.429. The first-order valence-electron chi connectivity index (χ1n) is 20.0. The highest BCUT2D eigenvalue weighted by Crippen LogP contribution is 2.34. The van der Waals surface area contributed by atoms with Crippen molar-refractivity contribution in [3.8, 4) is 22.8 Å². The average Bonchev–Trinajstić information content (AvgIpc) is 3.85. The maximum Gasteiger partial charge on any atom is 0.222 e. The van der Waals surface area contributed by atoms with Gasteiger partial charge in [0, 0.05) is 92.1 Å². The standard InChI is InChI=1S/C21H24ClFN6O.C21H23ClFN5O/c1-29(2)18(30)7-12-5-3-4-6-17(12)27-21-16(23)11-26-20(28-21)15-10-25-19-14(15)8-13(22)9-24-19;1-2-14(29)7-12-5-3-4-6-18(12)27-21-17(23)11-26-20(28-21)16-10-25-19-15(16)8-13(22)9-24-19/h8-12,17H,3-7H2,1-2H3,(H,24,25)(H,26,27,28);8-12,18H,2-7H2,1H3,(H,24,25)(H,26,27,28). The third kappa shape index (κ3) is 9.96. The molecule has 2 aliphatic rings. The van der Waals surface area contributed by atoms with Gasteiger partial charge in [0.25, 0.3) is 0 Å². The lowest BCUT2D eigenvalue weighted by Gasteiger charge is -2.33. The number of rotatable bonds is 11. The smallest absolute Gasteiger partial charge is 0.222 e. The molecule has 0 saturated heterocycles. The molecule has 13 nitrogen and oxygen atoms in total. The van der Waals surface area contributed by atoms with Gasteiger partial charge in [0.2, 0.25) is 5.91 Å². The van der Waals surface area contributed by atoms with Crippen molar-refractivity contribution in [1.82, 2.24) is 44.8 Å². The van der Waals surface area contributed by atoms with Crippen LogP contribution >= 0.6 is 23.2 Å². The lowest BCUT2D eigenvalue weighted by molar-refractivity contribution is -0.130. The molecule has 2 saturated carbocycles. The summed E-state index contributed by atoms with van der Waals surface area (Å²) in [5.74, 6) is 0.740. The van der Waals surface area contributed by atoms with Crippen molar-refractivity contribution in [3.05, 3.63) is 71.0 Å². The zero-order valence-electron chi connectivity index (χ0n) is 33.2. The molecule has 2 fully saturated rings. The predicted molar refractivity (Wildman–Crippen MR) is 226 cm³/mol. The largest absolute Gasteiger partial charge is 0.364 e. The molecular formula is C42H47Cl2F2N11O2. The number of aromatic amines is 2. The first kappa shape index (κ1) is 41.9. The van der Waals surface area contributed by atoms with Gasteiger partial charge in [0.15, 0.2) is 34.9 Å². The SMILES string of the molecule is CCC(=O)CC1CCCCC1Nc1nc(-c2c[nH]c3ncc(Cl)cc23)ncc1F.CN(C)C(=O)CC1CCCCC1Nc1nc(-c2c[nH]c3ncc(Cl)cc23)ncc1F. The van der Waals surface area contributed by atoms with Gasteiger partial charge in [0.05, 0.1) is 22.4 Å². The molecule has 310 valence electrons. The van der Waals surface area contributed by atoms with Gasteiger partial charge >= 0.3 is 0 Å². The Balaban J connectivity index is 0.000000179. The Morgan fingerprint density at radius 2 is 1.17 bits per heavy atom. The van der Waals surface area contributed by atoms with Crippen LogP contribution in [-0.4, -0.2) is 82.6 Å². The fourth-order valence-electron chi connectivity index (χ4n) is 8.00. The highest BCUT2D eigenvalue weighted by Gasteiger charge is 2.30. The van der Waals surface area contributed by atoms with E-state index in [4.69, 9.17) is 23.2 Å². The molecule has 0 bridgehead atoms. The lowest BCUT2D eigenvalue weighted by atomic mass is 9.81. The molecule has 6 aromatic heterocycles. The Kier molecular flexibility index (Phi) is 13.3. The van der Waals surface area contributed by atoms with Crippen molar-refractivity contribution in [3.63, 3.8) is 0 Å². The van der Waals surface area contributed by atoms with Crippen molar-refractivity contribution in [1.29, 1.82) is 0 Å². The summed E-state index contributed by atoms with van der Waals surface area (Å²) in [6, 6.07) is 3.57. The number of ketones is 1. The molecule has 8 rings (SSSR count). The van der Waals surface area contributed by atoms with E-state index < -0.39 is 11.6 Å². The molecule has 0 aliphatic heterocycles. The summed E-state index contributed by atoms with van der Waals surface area (Å²) < 4.78 is 29.1. The average molecular weight is 847 g/mol. The number of halogens is 4. The second kappa shape index (κ2) is 18.8. The minimum absolute atomic E-state index is 0.0148. The number of carbonyl (C=O) groups is 2. The Hall–Kier alpha value is -5.28. The second-order valence-electron chi connectivity index (χ2n) is 15.5. The van der Waals surface area contributed by atoms with Crippen molar-refractivity contribution >= 4 is 68.6 Å². The molecule has 6 heterocycles. The Morgan fingerprint density at radius 1 is 0.712 bits per heavy atom. The van der Waals surface area contributed by atoms with Gasteiger partial charge in [-0.25, -0.2) is 38.7 Å². The molecule has 0 aromatic carbocycles. The third-order valence-corrected chi connectivity index (χ3v) is 11.7. The van der Waals surface area contributed by atoms with Crippen LogP contribution in [-0.2, 0) is 9.59 Å². The van der Waals surface area contributed by atoms with E-state index in [0.717, 1.165) is 62.1 Å². The van der Waals surface area contributed by atoms with E-state index in [9.17, 15) is 18.4 Å². The molecule has 59 heavy (non-hydrogen) atoms. The second-order valence-corrected chi connectivity index (χ2v) is 16.3. The highest BCUT2D eigenvalue weighted by atomic mass is 35.5. The minimum Gasteiger partial charge on any atom is -0.364 e. The van der Waals surface area contributed by atoms with Gasteiger partial charge in [-0.2, -0.15) is 0 Å². The summed E-state index contributed by atoms with van der Waals surface area (Å²) in [6.45, 7) is 1.88. The molecule has 0 radical (unpaired) electrons. The molecule has 2 aliphatic carbocycles. The number of Topliss-reactive ketones (excluding diaryl/α,β-unsaturated/α-hetero) is 1. The first-order valence-corrected chi connectivity index (χ1v) is 20.8. The molecule has 17 heteroatoms. The van der Waals surface area contributed by atoms with Crippen LogP contribution in [0.2, 0.25) is 10.0 Å². The number of H-pyrrole nitrogens is 2. The van der Waals surface area contributed by atoms with E-state index in [1.807, 2.05) is 6.92 Å². The maximum absolute atomic E-state index is 14.6. The number of nitrogens with zero attached hydrogens (tertiary/aromatic N) is 7. The summed E-state index contributed by atoms with van der Waals surface area (Å²) in [5.41, 5.74) is 2.73. The minimum atomic E-state index is -0.516. The molecule has 6 aromatic rings. The number of fused-ring (bicyclic) bond motifs is 2. The van der Waals surface area contributed by atoms with Crippen molar-refractivity contribution in [2.45, 2.75) is 89.6 Å². The van der Waals surface area contributed by atoms with Crippen LogP contribution in [0.15, 0.2) is 49.3 Å². The van der Waals surface area contributed by atoms with E-state index in [1.54, 1.807) is 55.9 Å². The fourth-order valence-corrected chi connectivity index (χ4v) is 8.32. The van der Waals surface area contributed by atoms with Gasteiger partial charge in [-0.05, 0) is 49.7 Å². The third-order valence-electron chi connectivity index (χ3n) is 11.2. The molecule has 4 N–H and O–H groups in total. The van der Waals surface area contributed by atoms with Crippen LogP contribution < -0.4 is 10.6 Å². The van der Waals surface area contributed by atoms with Crippen LogP contribution in [0.4, 0.5) is 20.4 Å². The zero-order valence-corrected chi connectivity index (χ0v) is 34.7. The van der Waals surface area contributed by atoms with Crippen LogP contribution in [0, 0.1) is 23.5 Å². The number of carbonyl (C=O) groups excluding carboxylic acids is 2. The predicted octanol–water partition coefficient (Wildman–Crippen LogP) is 9.41. The Morgan fingerprint density at radius 3 is 1.63 bits per heavy atom. The normalized spacial score (nSPS) is 19.2. The molecule has 4 atom stereocenters. The van der Waals surface area contributed by atoms with E-state index in [2.05, 4.69) is 50.5 Å². The number of anilines is 2. The summed E-state index contributed by atoms with van der Waals surface area (Å²) in [5, 5.41) is 9.07. The van der Waals surface area contributed by atoms with Crippen molar-refractivity contribution in [2.75, 3.05) is 24.7 Å². The zero-order chi connectivity index (χ0) is 41.6. The van der Waals surface area contributed by atoms with Gasteiger partial charge in [-0.15, -0.1) is 0 Å². The summed E-state index contributed by atoms with van der Waals surface area (Å²) in [4.78, 5) is 57.6. The van der Waals surface area contributed by atoms with Crippen LogP contribution in [0.5, 0.6) is 0 Å². The van der Waals surface area contributed by atoms with E-state index in [0.29, 0.717) is 63.4 Å². The van der Waals surface area contributed by atoms with Crippen LogP contribution in [0.3, 0.4) is 0 Å². The number of nitrogens with one attached hydrogen (secondary N) is 4. The first-order chi connectivity index (χ1) is 28.5. The Labute approximate surface area is 350 Å². The summed E-state index contributed by atoms with van der Waals surface area (Å²) in [7, 11) is 3.51. The van der Waals surface area contributed by atoms with Gasteiger partial charge < -0.3 is 25.5 Å². The number of hydrogen-bond donors (Lipinski definition) is 4. The summed E-state index contributed by atoms with van der Waals surface area (Å²) in [6.07, 6.45) is 18.4. The van der Waals surface area contributed by atoms with Gasteiger partial charge in [-0.1, -0.05) is 55.8 Å². The van der Waals surface area contributed by atoms with E-state index >= 15 is 0 Å². The number of pyridine rings is 2. The van der Waals surface area contributed by atoms with E-state index in [-0.39, 0.29) is 47.2 Å². The quantitative estimate of drug-likeness (QED) is 0.0985. The van der Waals surface area contributed by atoms with Crippen LogP contribution in [0.25, 0.3) is 44.8 Å². The van der Waals surface area contributed by atoms with Crippen molar-refractivity contribution < 1.29 is 18.4 Å². The molecule has 1 amide bonds. The molecular weight excluding hydrogens is 799 g/mol. The topological polar surface area (TPSA) is 170 Å². The maximum atomic E-state index is 14.6. The Bertz CT molecular complexity index is 2440. The van der Waals surface area contributed by atoms with E-state index in [1.165, 1.54) is 12.4 Å². The number of hydrogen-bond acceptors (Lipinski definition) is 10. The van der Waals surface area contributed by atoms with Crippen molar-refractivity contribution in [2.24, 2.45) is 11.8 Å².